The SMILES string of the molecule is CC(=O)N1CC23CCCCC2C12CC(C)(C)CC(=O)C32. The number of hydrogen-bond acceptors (Lipinski definition) is 2. The zero-order chi connectivity index (χ0) is 14.3. The molecule has 4 unspecified atom stereocenters. The average Bonchev–Trinajstić information content (AvgIpc) is 2.74. The van der Waals surface area contributed by atoms with E-state index in [1.165, 1.54) is 25.7 Å². The van der Waals surface area contributed by atoms with Crippen LogP contribution in [-0.4, -0.2) is 28.7 Å². The molecule has 3 aliphatic carbocycles. The quantitative estimate of drug-likeness (QED) is 0.681. The molecule has 2 spiro atoms. The first kappa shape index (κ1) is 12.8. The number of hydrogen-bond donors (Lipinski definition) is 0. The fourth-order valence-electron chi connectivity index (χ4n) is 6.75. The molecule has 2 saturated heterocycles. The van der Waals surface area contributed by atoms with Crippen molar-refractivity contribution < 1.29 is 9.59 Å². The van der Waals surface area contributed by atoms with E-state index in [2.05, 4.69) is 18.7 Å². The summed E-state index contributed by atoms with van der Waals surface area (Å²) in [7, 11) is 0. The third-order valence-electron chi connectivity index (χ3n) is 6.83. The van der Waals surface area contributed by atoms with Crippen molar-refractivity contribution in [1.82, 2.24) is 4.90 Å². The van der Waals surface area contributed by atoms with Gasteiger partial charge < -0.3 is 4.90 Å². The predicted molar refractivity (Wildman–Crippen MR) is 76.0 cm³/mol. The summed E-state index contributed by atoms with van der Waals surface area (Å²) in [5, 5.41) is 0. The zero-order valence-corrected chi connectivity index (χ0v) is 12.9. The van der Waals surface area contributed by atoms with Gasteiger partial charge in [0.15, 0.2) is 0 Å². The number of amides is 1. The Morgan fingerprint density at radius 2 is 2.05 bits per heavy atom. The van der Waals surface area contributed by atoms with Gasteiger partial charge in [-0.1, -0.05) is 26.7 Å². The lowest BCUT2D eigenvalue weighted by atomic mass is 9.36. The van der Waals surface area contributed by atoms with Crippen molar-refractivity contribution in [3.05, 3.63) is 0 Å². The van der Waals surface area contributed by atoms with Gasteiger partial charge in [0.1, 0.15) is 5.78 Å². The molecule has 5 aliphatic rings. The monoisotopic (exact) mass is 275 g/mol. The van der Waals surface area contributed by atoms with Gasteiger partial charge in [0, 0.05) is 31.2 Å². The fraction of sp³-hybridized carbons (Fsp3) is 0.882. The second-order valence-electron chi connectivity index (χ2n) is 8.55. The van der Waals surface area contributed by atoms with Gasteiger partial charge in [0.05, 0.1) is 5.54 Å². The number of carbonyl (C=O) groups excluding carboxylic acids is 2. The Morgan fingerprint density at radius 3 is 2.75 bits per heavy atom. The van der Waals surface area contributed by atoms with Crippen molar-refractivity contribution in [2.45, 2.75) is 64.8 Å². The topological polar surface area (TPSA) is 37.4 Å². The van der Waals surface area contributed by atoms with Crippen molar-refractivity contribution >= 4 is 11.7 Å². The minimum Gasteiger partial charge on any atom is -0.336 e. The lowest BCUT2D eigenvalue weighted by molar-refractivity contribution is -0.186. The summed E-state index contributed by atoms with van der Waals surface area (Å²) in [6, 6.07) is 0. The Bertz CT molecular complexity index is 511. The van der Waals surface area contributed by atoms with Crippen LogP contribution in [0.15, 0.2) is 0 Å². The molecule has 3 saturated carbocycles. The van der Waals surface area contributed by atoms with Crippen LogP contribution in [0, 0.1) is 22.7 Å². The molecule has 110 valence electrons. The first-order valence-corrected chi connectivity index (χ1v) is 8.14. The van der Waals surface area contributed by atoms with Crippen LogP contribution in [-0.2, 0) is 9.59 Å². The first-order valence-electron chi connectivity index (χ1n) is 8.14. The van der Waals surface area contributed by atoms with E-state index in [0.29, 0.717) is 18.1 Å². The maximum absolute atomic E-state index is 12.8. The Morgan fingerprint density at radius 1 is 1.30 bits per heavy atom. The zero-order valence-electron chi connectivity index (χ0n) is 12.9. The van der Waals surface area contributed by atoms with Crippen molar-refractivity contribution in [2.24, 2.45) is 22.7 Å². The molecule has 4 atom stereocenters. The Kier molecular flexibility index (Phi) is 2.23. The van der Waals surface area contributed by atoms with Crippen LogP contribution in [0.5, 0.6) is 0 Å². The lowest BCUT2D eigenvalue weighted by Gasteiger charge is -2.67. The number of rotatable bonds is 0. The average molecular weight is 275 g/mol. The van der Waals surface area contributed by atoms with Gasteiger partial charge in [-0.25, -0.2) is 0 Å². The second kappa shape index (κ2) is 3.48. The molecule has 2 heterocycles. The number of ketones is 1. The molecule has 1 amide bonds. The normalized spacial score (nSPS) is 48.4. The van der Waals surface area contributed by atoms with Gasteiger partial charge in [-0.2, -0.15) is 0 Å². The summed E-state index contributed by atoms with van der Waals surface area (Å²) in [4.78, 5) is 27.1. The third kappa shape index (κ3) is 1.19. The smallest absolute Gasteiger partial charge is 0.219 e. The van der Waals surface area contributed by atoms with E-state index >= 15 is 0 Å². The summed E-state index contributed by atoms with van der Waals surface area (Å²) < 4.78 is 0. The first-order chi connectivity index (χ1) is 9.33. The van der Waals surface area contributed by atoms with Gasteiger partial charge in [0.25, 0.3) is 0 Å². The Balaban J connectivity index is 1.85. The predicted octanol–water partition coefficient (Wildman–Crippen LogP) is 2.78. The molecule has 0 N–H and O–H groups in total. The number of fused-ring (bicyclic) bond motifs is 1. The van der Waals surface area contributed by atoms with Crippen LogP contribution in [0.2, 0.25) is 0 Å². The lowest BCUT2D eigenvalue weighted by Crippen LogP contribution is -2.73. The minimum atomic E-state index is -0.106. The molecule has 0 aromatic heterocycles. The summed E-state index contributed by atoms with van der Waals surface area (Å²) in [6.45, 7) is 6.96. The summed E-state index contributed by atoms with van der Waals surface area (Å²) in [5.41, 5.74) is 0.109. The van der Waals surface area contributed by atoms with Crippen LogP contribution >= 0.6 is 0 Å². The summed E-state index contributed by atoms with van der Waals surface area (Å²) in [6.07, 6.45) is 6.65. The molecule has 2 aliphatic heterocycles. The Labute approximate surface area is 121 Å². The van der Waals surface area contributed by atoms with E-state index in [0.717, 1.165) is 13.0 Å². The van der Waals surface area contributed by atoms with E-state index < -0.39 is 0 Å². The van der Waals surface area contributed by atoms with Crippen molar-refractivity contribution in [1.29, 1.82) is 0 Å². The highest BCUT2D eigenvalue weighted by atomic mass is 16.2. The van der Waals surface area contributed by atoms with Crippen molar-refractivity contribution in [3.63, 3.8) is 0 Å². The highest BCUT2D eigenvalue weighted by Crippen LogP contribution is 2.76. The molecule has 3 heteroatoms. The summed E-state index contributed by atoms with van der Waals surface area (Å²) in [5.74, 6) is 1.40. The molecule has 3 nitrogen and oxygen atoms in total. The van der Waals surface area contributed by atoms with Crippen LogP contribution < -0.4 is 0 Å². The van der Waals surface area contributed by atoms with Crippen LogP contribution in [0.4, 0.5) is 0 Å². The van der Waals surface area contributed by atoms with Gasteiger partial charge in [-0.05, 0) is 30.6 Å². The molecule has 20 heavy (non-hydrogen) atoms. The number of carbonyl (C=O) groups is 2. The highest BCUT2D eigenvalue weighted by Gasteiger charge is 2.82. The Hall–Kier alpha value is -0.860. The summed E-state index contributed by atoms with van der Waals surface area (Å²) >= 11 is 0. The molecule has 2 bridgehead atoms. The van der Waals surface area contributed by atoms with Crippen LogP contribution in [0.3, 0.4) is 0 Å². The molecule has 5 fully saturated rings. The van der Waals surface area contributed by atoms with Gasteiger partial charge in [-0.3, -0.25) is 9.59 Å². The largest absolute Gasteiger partial charge is 0.336 e. The van der Waals surface area contributed by atoms with Crippen LogP contribution in [0.25, 0.3) is 0 Å². The number of nitrogens with zero attached hydrogens (tertiary/aromatic N) is 1. The van der Waals surface area contributed by atoms with Crippen molar-refractivity contribution in [2.75, 3.05) is 6.54 Å². The molecule has 0 aromatic carbocycles. The van der Waals surface area contributed by atoms with E-state index in [1.54, 1.807) is 6.92 Å². The minimum absolute atomic E-state index is 0.0508. The van der Waals surface area contributed by atoms with Gasteiger partial charge >= 0.3 is 0 Å². The highest BCUT2D eigenvalue weighted by molar-refractivity contribution is 5.90. The van der Waals surface area contributed by atoms with Gasteiger partial charge in [0.2, 0.25) is 5.91 Å². The standard InChI is InChI=1S/C17H25NO2/c1-11(19)18-10-16-7-5-4-6-13(16)17(18)9-15(2,3)8-12(20)14(16)17/h13-14H,4-10H2,1-3H3. The van der Waals surface area contributed by atoms with Crippen LogP contribution in [0.1, 0.15) is 59.3 Å². The third-order valence-corrected chi connectivity index (χ3v) is 6.83. The van der Waals surface area contributed by atoms with E-state index in [9.17, 15) is 9.59 Å². The van der Waals surface area contributed by atoms with Gasteiger partial charge in [-0.15, -0.1) is 0 Å². The van der Waals surface area contributed by atoms with E-state index in [-0.39, 0.29) is 28.2 Å². The molecule has 0 aromatic rings. The molecular formula is C17H25NO2. The molecule has 0 radical (unpaired) electrons. The van der Waals surface area contributed by atoms with E-state index in [1.807, 2.05) is 0 Å². The fourth-order valence-corrected chi connectivity index (χ4v) is 6.75. The number of Topliss-reactive ketones (excluding diaryl/α,β-unsaturated/α-hetero) is 1. The second-order valence-corrected chi connectivity index (χ2v) is 8.55. The van der Waals surface area contributed by atoms with E-state index in [4.69, 9.17) is 0 Å². The molecular weight excluding hydrogens is 250 g/mol. The molecule has 5 rings (SSSR count). The van der Waals surface area contributed by atoms with Crippen molar-refractivity contribution in [3.8, 4) is 0 Å². The maximum Gasteiger partial charge on any atom is 0.219 e. The maximum atomic E-state index is 12.8.